The number of imide groups is 1. The number of benzene rings is 1. The molecule has 0 fully saturated rings. The Balaban J connectivity index is 1.54. The van der Waals surface area contributed by atoms with Gasteiger partial charge >= 0.3 is 0 Å². The number of carbonyl (C=O) groups excluding carboxylic acids is 2. The molecule has 3 rings (SSSR count). The van der Waals surface area contributed by atoms with E-state index in [0.29, 0.717) is 11.1 Å². The number of hydrogen-bond donors (Lipinski definition) is 2. The third kappa shape index (κ3) is 2.86. The summed E-state index contributed by atoms with van der Waals surface area (Å²) in [6.07, 6.45) is 8.49. The second-order valence-electron chi connectivity index (χ2n) is 5.22. The third-order valence-corrected chi connectivity index (χ3v) is 3.76. The fraction of sp³-hybridized carbons (Fsp3) is 0.312. The Labute approximate surface area is 122 Å². The molecule has 0 bridgehead atoms. The predicted molar refractivity (Wildman–Crippen MR) is 78.1 cm³/mol. The van der Waals surface area contributed by atoms with E-state index in [-0.39, 0.29) is 11.8 Å². The van der Waals surface area contributed by atoms with Gasteiger partial charge < -0.3 is 4.98 Å². The molecule has 0 aliphatic carbocycles. The van der Waals surface area contributed by atoms with Gasteiger partial charge in [-0.3, -0.25) is 14.9 Å². The van der Waals surface area contributed by atoms with Crippen molar-refractivity contribution in [3.05, 3.63) is 53.1 Å². The van der Waals surface area contributed by atoms with Crippen LogP contribution in [0.4, 0.5) is 0 Å². The quantitative estimate of drug-likeness (QED) is 0.630. The van der Waals surface area contributed by atoms with Gasteiger partial charge in [-0.1, -0.05) is 18.6 Å². The lowest BCUT2D eigenvalue weighted by molar-refractivity contribution is 0.0879. The van der Waals surface area contributed by atoms with Crippen LogP contribution in [0.2, 0.25) is 0 Å². The maximum Gasteiger partial charge on any atom is 0.259 e. The van der Waals surface area contributed by atoms with Crippen LogP contribution in [0.1, 0.15) is 51.4 Å². The maximum atomic E-state index is 11.8. The van der Waals surface area contributed by atoms with Gasteiger partial charge in [0.1, 0.15) is 5.82 Å². The lowest BCUT2D eigenvalue weighted by Gasteiger charge is -2.05. The highest BCUT2D eigenvalue weighted by atomic mass is 16.2. The number of aryl methyl sites for hydroxylation is 2. The molecule has 0 radical (unpaired) electrons. The van der Waals surface area contributed by atoms with Crippen LogP contribution in [0.25, 0.3) is 0 Å². The van der Waals surface area contributed by atoms with E-state index in [1.54, 1.807) is 12.3 Å². The topological polar surface area (TPSA) is 74.8 Å². The molecule has 0 unspecified atom stereocenters. The fourth-order valence-corrected chi connectivity index (χ4v) is 2.72. The summed E-state index contributed by atoms with van der Waals surface area (Å²) in [4.78, 5) is 30.7. The molecule has 108 valence electrons. The lowest BCUT2D eigenvalue weighted by Crippen LogP contribution is -2.20. The zero-order valence-corrected chi connectivity index (χ0v) is 11.7. The van der Waals surface area contributed by atoms with E-state index in [0.717, 1.165) is 43.5 Å². The van der Waals surface area contributed by atoms with Crippen molar-refractivity contribution >= 4 is 11.8 Å². The predicted octanol–water partition coefficient (Wildman–Crippen LogP) is 2.25. The molecular weight excluding hydrogens is 266 g/mol. The van der Waals surface area contributed by atoms with Crippen molar-refractivity contribution in [2.75, 3.05) is 0 Å². The molecular formula is C16H17N3O2. The number of H-pyrrole nitrogens is 1. The summed E-state index contributed by atoms with van der Waals surface area (Å²) >= 11 is 0. The van der Waals surface area contributed by atoms with Crippen LogP contribution in [0.5, 0.6) is 0 Å². The first-order valence-corrected chi connectivity index (χ1v) is 7.21. The van der Waals surface area contributed by atoms with Crippen molar-refractivity contribution in [1.29, 1.82) is 0 Å². The number of imidazole rings is 1. The number of rotatable bonds is 6. The molecule has 2 amide bonds. The Kier molecular flexibility index (Phi) is 3.81. The van der Waals surface area contributed by atoms with Gasteiger partial charge in [-0.2, -0.15) is 0 Å². The zero-order valence-electron chi connectivity index (χ0n) is 11.7. The number of hydrogen-bond acceptors (Lipinski definition) is 3. The Bertz CT molecular complexity index is 662. The number of aromatic amines is 1. The summed E-state index contributed by atoms with van der Waals surface area (Å²) in [5, 5.41) is 2.35. The van der Waals surface area contributed by atoms with E-state index in [9.17, 15) is 9.59 Å². The summed E-state index contributed by atoms with van der Waals surface area (Å²) in [6, 6.07) is 5.48. The zero-order chi connectivity index (χ0) is 14.7. The van der Waals surface area contributed by atoms with Crippen molar-refractivity contribution in [3.63, 3.8) is 0 Å². The standard InChI is InChI=1S/C16H17N3O2/c20-15-12-7-4-6-11(14(12)16(21)19-15)5-2-1-3-8-13-17-9-10-18-13/h4,6-7,9-10H,1-3,5,8H2,(H,17,18)(H,19,20,21). The van der Waals surface area contributed by atoms with Gasteiger partial charge in [0.15, 0.2) is 0 Å². The Morgan fingerprint density at radius 1 is 1.00 bits per heavy atom. The smallest absolute Gasteiger partial charge is 0.259 e. The van der Waals surface area contributed by atoms with Crippen molar-refractivity contribution in [3.8, 4) is 0 Å². The minimum atomic E-state index is -0.283. The Morgan fingerprint density at radius 2 is 1.86 bits per heavy atom. The number of fused-ring (bicyclic) bond motifs is 1. The van der Waals surface area contributed by atoms with Crippen molar-refractivity contribution < 1.29 is 9.59 Å². The molecule has 0 spiro atoms. The Hall–Kier alpha value is -2.43. The normalized spacial score (nSPS) is 13.3. The molecule has 0 atom stereocenters. The molecule has 21 heavy (non-hydrogen) atoms. The van der Waals surface area contributed by atoms with Crippen LogP contribution in [0.3, 0.4) is 0 Å². The first kappa shape index (κ1) is 13.5. The summed E-state index contributed by atoms with van der Waals surface area (Å²) in [5.74, 6) is 0.469. The minimum Gasteiger partial charge on any atom is -0.349 e. The van der Waals surface area contributed by atoms with Gasteiger partial charge in [-0.05, 0) is 30.9 Å². The number of carbonyl (C=O) groups is 2. The maximum absolute atomic E-state index is 11.8. The van der Waals surface area contributed by atoms with Gasteiger partial charge in [0.2, 0.25) is 0 Å². The molecule has 0 saturated carbocycles. The van der Waals surface area contributed by atoms with E-state index in [1.165, 1.54) is 0 Å². The van der Waals surface area contributed by atoms with Crippen LogP contribution in [-0.2, 0) is 12.8 Å². The highest BCUT2D eigenvalue weighted by molar-refractivity contribution is 6.22. The molecule has 2 aromatic rings. The highest BCUT2D eigenvalue weighted by Crippen LogP contribution is 2.21. The number of aromatic nitrogens is 2. The minimum absolute atomic E-state index is 0.263. The second-order valence-corrected chi connectivity index (χ2v) is 5.22. The highest BCUT2D eigenvalue weighted by Gasteiger charge is 2.28. The number of nitrogens with one attached hydrogen (secondary N) is 2. The first-order chi connectivity index (χ1) is 10.3. The van der Waals surface area contributed by atoms with Gasteiger partial charge in [0.05, 0.1) is 11.1 Å². The molecule has 1 aliphatic heterocycles. The average molecular weight is 283 g/mol. The van der Waals surface area contributed by atoms with Gasteiger partial charge in [-0.15, -0.1) is 0 Å². The summed E-state index contributed by atoms with van der Waals surface area (Å²) in [5.41, 5.74) is 2.04. The second kappa shape index (κ2) is 5.91. The van der Waals surface area contributed by atoms with Crippen LogP contribution in [0.15, 0.2) is 30.6 Å². The number of amides is 2. The molecule has 0 saturated heterocycles. The van der Waals surface area contributed by atoms with Crippen molar-refractivity contribution in [2.45, 2.75) is 32.1 Å². The monoisotopic (exact) mass is 283 g/mol. The van der Waals surface area contributed by atoms with Gasteiger partial charge in [0, 0.05) is 18.8 Å². The molecule has 1 aromatic heterocycles. The first-order valence-electron chi connectivity index (χ1n) is 7.21. The lowest BCUT2D eigenvalue weighted by atomic mass is 9.98. The summed E-state index contributed by atoms with van der Waals surface area (Å²) in [7, 11) is 0. The molecule has 5 heteroatoms. The van der Waals surface area contributed by atoms with Crippen LogP contribution in [0, 0.1) is 0 Å². The van der Waals surface area contributed by atoms with E-state index in [4.69, 9.17) is 0 Å². The van der Waals surface area contributed by atoms with Crippen LogP contribution >= 0.6 is 0 Å². The summed E-state index contributed by atoms with van der Waals surface area (Å²) in [6.45, 7) is 0. The Morgan fingerprint density at radius 3 is 2.67 bits per heavy atom. The molecule has 2 heterocycles. The third-order valence-electron chi connectivity index (χ3n) is 3.76. The SMILES string of the molecule is O=C1NC(=O)c2c(CCCCCc3ncc[nH]3)cccc21. The van der Waals surface area contributed by atoms with Crippen LogP contribution in [-0.4, -0.2) is 21.8 Å². The molecule has 1 aliphatic rings. The van der Waals surface area contributed by atoms with E-state index >= 15 is 0 Å². The molecule has 5 nitrogen and oxygen atoms in total. The fourth-order valence-electron chi connectivity index (χ4n) is 2.72. The average Bonchev–Trinajstić information content (AvgIpc) is 3.08. The van der Waals surface area contributed by atoms with Crippen molar-refractivity contribution in [1.82, 2.24) is 15.3 Å². The summed E-state index contributed by atoms with van der Waals surface area (Å²) < 4.78 is 0. The number of nitrogens with zero attached hydrogens (tertiary/aromatic N) is 1. The van der Waals surface area contributed by atoms with E-state index in [1.807, 2.05) is 18.3 Å². The molecule has 1 aromatic carbocycles. The van der Waals surface area contributed by atoms with Gasteiger partial charge in [0.25, 0.3) is 11.8 Å². The van der Waals surface area contributed by atoms with E-state index in [2.05, 4.69) is 15.3 Å². The number of unbranched alkanes of at least 4 members (excludes halogenated alkanes) is 2. The van der Waals surface area contributed by atoms with Gasteiger partial charge in [-0.25, -0.2) is 4.98 Å². The molecule has 2 N–H and O–H groups in total. The van der Waals surface area contributed by atoms with Crippen molar-refractivity contribution in [2.24, 2.45) is 0 Å². The largest absolute Gasteiger partial charge is 0.349 e. The van der Waals surface area contributed by atoms with Crippen LogP contribution < -0.4 is 5.32 Å². The van der Waals surface area contributed by atoms with E-state index < -0.39 is 0 Å².